The molecule has 0 aromatic heterocycles. The van der Waals surface area contributed by atoms with Gasteiger partial charge < -0.3 is 10.6 Å². The zero-order chi connectivity index (χ0) is 15.7. The normalized spacial score (nSPS) is 23.9. The first kappa shape index (κ1) is 16.3. The van der Waals surface area contributed by atoms with E-state index in [1.165, 1.54) is 0 Å². The highest BCUT2D eigenvalue weighted by atomic mass is 79.9. The molecule has 1 aliphatic heterocycles. The fraction of sp³-hybridized carbons (Fsp3) is 0.500. The number of alkyl halides is 3. The van der Waals surface area contributed by atoms with E-state index in [9.17, 15) is 18.0 Å². The number of carbonyl (C=O) groups excluding carboxylic acids is 1. The van der Waals surface area contributed by atoms with E-state index in [1.54, 1.807) is 31.2 Å². The lowest BCUT2D eigenvalue weighted by Gasteiger charge is -2.31. The van der Waals surface area contributed by atoms with Crippen molar-refractivity contribution >= 4 is 21.8 Å². The van der Waals surface area contributed by atoms with E-state index in [-0.39, 0.29) is 19.5 Å². The zero-order valence-corrected chi connectivity index (χ0v) is 13.0. The molecular formula is C14H16BrF3N2O. The van der Waals surface area contributed by atoms with E-state index in [0.717, 1.165) is 10.0 Å². The van der Waals surface area contributed by atoms with Gasteiger partial charge in [0.1, 0.15) is 0 Å². The van der Waals surface area contributed by atoms with Crippen molar-refractivity contribution in [1.29, 1.82) is 0 Å². The second-order valence-corrected chi connectivity index (χ2v) is 6.17. The van der Waals surface area contributed by atoms with Crippen LogP contribution in [0, 0.1) is 5.41 Å². The zero-order valence-electron chi connectivity index (χ0n) is 11.4. The highest BCUT2D eigenvalue weighted by Crippen LogP contribution is 2.43. The Bertz CT molecular complexity index is 510. The third-order valence-corrected chi connectivity index (χ3v) is 4.38. The molecule has 7 heteroatoms. The molecule has 1 heterocycles. The Labute approximate surface area is 129 Å². The number of carbonyl (C=O) groups is 1. The van der Waals surface area contributed by atoms with Crippen molar-refractivity contribution < 1.29 is 18.0 Å². The topological polar surface area (TPSA) is 41.1 Å². The highest BCUT2D eigenvalue weighted by Gasteiger charge is 2.61. The predicted molar refractivity (Wildman–Crippen MR) is 76.7 cm³/mol. The third-order valence-electron chi connectivity index (χ3n) is 3.85. The molecule has 0 aliphatic carbocycles. The molecule has 2 N–H and O–H groups in total. The molecule has 2 rings (SSSR count). The Morgan fingerprint density at radius 3 is 2.48 bits per heavy atom. The number of benzene rings is 1. The van der Waals surface area contributed by atoms with Crippen molar-refractivity contribution in [3.05, 3.63) is 34.3 Å². The second-order valence-electron chi connectivity index (χ2n) is 5.25. The first-order valence-corrected chi connectivity index (χ1v) is 7.39. The highest BCUT2D eigenvalue weighted by molar-refractivity contribution is 9.10. The molecule has 0 radical (unpaired) electrons. The van der Waals surface area contributed by atoms with Gasteiger partial charge in [-0.15, -0.1) is 0 Å². The first-order chi connectivity index (χ1) is 9.76. The Balaban J connectivity index is 2.14. The lowest BCUT2D eigenvalue weighted by Crippen LogP contribution is -2.52. The summed E-state index contributed by atoms with van der Waals surface area (Å²) in [7, 11) is 0. The van der Waals surface area contributed by atoms with Gasteiger partial charge in [0.25, 0.3) is 0 Å². The molecule has 1 unspecified atom stereocenters. The summed E-state index contributed by atoms with van der Waals surface area (Å²) in [5.41, 5.74) is -1.56. The molecule has 21 heavy (non-hydrogen) atoms. The van der Waals surface area contributed by atoms with E-state index in [0.29, 0.717) is 0 Å². The fourth-order valence-corrected chi connectivity index (χ4v) is 2.69. The molecule has 116 valence electrons. The average Bonchev–Trinajstić information content (AvgIpc) is 2.89. The fourth-order valence-electron chi connectivity index (χ4n) is 2.43. The molecule has 1 fully saturated rings. The molecule has 0 bridgehead atoms. The van der Waals surface area contributed by atoms with Crippen molar-refractivity contribution in [2.45, 2.75) is 25.6 Å². The maximum absolute atomic E-state index is 13.3. The van der Waals surface area contributed by atoms with Crippen molar-refractivity contribution in [3.8, 4) is 0 Å². The van der Waals surface area contributed by atoms with E-state index in [2.05, 4.69) is 26.6 Å². The summed E-state index contributed by atoms with van der Waals surface area (Å²) in [5.74, 6) is -0.963. The molecule has 1 aromatic carbocycles. The van der Waals surface area contributed by atoms with Crippen LogP contribution in [-0.2, 0) is 4.79 Å². The van der Waals surface area contributed by atoms with Crippen LogP contribution in [0.5, 0.6) is 0 Å². The standard InChI is InChI=1S/C14H16BrF3N2O/c1-9(10-2-4-11(15)5-3-10)20-12(21)13(14(16,17)18)6-7-19-8-13/h2-5,9,19H,6-8H2,1H3,(H,20,21)/t9-,13?/m1/s1. The molecule has 1 aromatic rings. The monoisotopic (exact) mass is 364 g/mol. The maximum Gasteiger partial charge on any atom is 0.404 e. The largest absolute Gasteiger partial charge is 0.404 e. The number of halogens is 4. The minimum absolute atomic E-state index is 0.194. The average molecular weight is 365 g/mol. The van der Waals surface area contributed by atoms with E-state index < -0.39 is 23.5 Å². The van der Waals surface area contributed by atoms with Crippen molar-refractivity contribution in [2.75, 3.05) is 13.1 Å². The van der Waals surface area contributed by atoms with Crippen molar-refractivity contribution in [2.24, 2.45) is 5.41 Å². The lowest BCUT2D eigenvalue weighted by molar-refractivity contribution is -0.216. The Kier molecular flexibility index (Phi) is 4.63. The van der Waals surface area contributed by atoms with Crippen LogP contribution in [0.15, 0.2) is 28.7 Å². The maximum atomic E-state index is 13.3. The van der Waals surface area contributed by atoms with Gasteiger partial charge >= 0.3 is 6.18 Å². The lowest BCUT2D eigenvalue weighted by atomic mass is 9.84. The Morgan fingerprint density at radius 1 is 1.38 bits per heavy atom. The molecule has 2 atom stereocenters. The number of rotatable bonds is 3. The van der Waals surface area contributed by atoms with Gasteiger partial charge in [-0.05, 0) is 37.6 Å². The quantitative estimate of drug-likeness (QED) is 0.864. The number of hydrogen-bond donors (Lipinski definition) is 2. The van der Waals surface area contributed by atoms with Crippen LogP contribution in [0.1, 0.15) is 24.9 Å². The third kappa shape index (κ3) is 3.23. The second kappa shape index (κ2) is 5.96. The molecule has 0 saturated carbocycles. The minimum Gasteiger partial charge on any atom is -0.349 e. The summed E-state index contributed by atoms with van der Waals surface area (Å²) >= 11 is 3.29. The van der Waals surface area contributed by atoms with Crippen molar-refractivity contribution in [1.82, 2.24) is 10.6 Å². The van der Waals surface area contributed by atoms with Crippen LogP contribution in [0.2, 0.25) is 0 Å². The van der Waals surface area contributed by atoms with Gasteiger partial charge in [0.15, 0.2) is 5.41 Å². The molecule has 3 nitrogen and oxygen atoms in total. The van der Waals surface area contributed by atoms with Crippen LogP contribution in [0.25, 0.3) is 0 Å². The Morgan fingerprint density at radius 2 is 2.00 bits per heavy atom. The number of hydrogen-bond acceptors (Lipinski definition) is 2. The summed E-state index contributed by atoms with van der Waals surface area (Å²) < 4.78 is 40.7. The summed E-state index contributed by atoms with van der Waals surface area (Å²) in [6.45, 7) is 1.50. The molecular weight excluding hydrogens is 349 g/mol. The summed E-state index contributed by atoms with van der Waals surface area (Å²) in [5, 5.41) is 5.12. The van der Waals surface area contributed by atoms with Crippen LogP contribution in [-0.4, -0.2) is 25.2 Å². The van der Waals surface area contributed by atoms with E-state index in [4.69, 9.17) is 0 Å². The SMILES string of the molecule is C[C@@H](NC(=O)C1(C(F)(F)F)CCNC1)c1ccc(Br)cc1. The van der Waals surface area contributed by atoms with Crippen molar-refractivity contribution in [3.63, 3.8) is 0 Å². The summed E-state index contributed by atoms with van der Waals surface area (Å²) in [4.78, 5) is 12.2. The minimum atomic E-state index is -4.56. The summed E-state index contributed by atoms with van der Waals surface area (Å²) in [6, 6.07) is 6.62. The molecule has 1 aliphatic rings. The van der Waals surface area contributed by atoms with Crippen LogP contribution in [0.3, 0.4) is 0 Å². The molecule has 1 amide bonds. The van der Waals surface area contributed by atoms with Gasteiger partial charge in [-0.2, -0.15) is 13.2 Å². The smallest absolute Gasteiger partial charge is 0.349 e. The van der Waals surface area contributed by atoms with E-state index in [1.807, 2.05) is 0 Å². The van der Waals surface area contributed by atoms with Gasteiger partial charge in [0, 0.05) is 11.0 Å². The molecule has 0 spiro atoms. The van der Waals surface area contributed by atoms with Gasteiger partial charge in [0.05, 0.1) is 6.04 Å². The number of nitrogens with one attached hydrogen (secondary N) is 2. The summed E-state index contributed by atoms with van der Waals surface area (Å²) in [6.07, 6.45) is -4.78. The Hall–Kier alpha value is -1.08. The van der Waals surface area contributed by atoms with E-state index >= 15 is 0 Å². The van der Waals surface area contributed by atoms with Crippen LogP contribution < -0.4 is 10.6 Å². The van der Waals surface area contributed by atoms with Crippen LogP contribution in [0.4, 0.5) is 13.2 Å². The predicted octanol–water partition coefficient (Wildman–Crippen LogP) is 3.17. The number of amides is 1. The van der Waals surface area contributed by atoms with Gasteiger partial charge in [0.2, 0.25) is 5.91 Å². The van der Waals surface area contributed by atoms with Crippen LogP contribution >= 0.6 is 15.9 Å². The first-order valence-electron chi connectivity index (χ1n) is 6.60. The molecule has 1 saturated heterocycles. The van der Waals surface area contributed by atoms with Gasteiger partial charge in [-0.1, -0.05) is 28.1 Å². The van der Waals surface area contributed by atoms with Gasteiger partial charge in [-0.25, -0.2) is 0 Å². The van der Waals surface area contributed by atoms with Gasteiger partial charge in [-0.3, -0.25) is 4.79 Å².